The largest absolute Gasteiger partial charge is 0.492 e. The molecule has 7 N–H and O–H groups in total. The van der Waals surface area contributed by atoms with Gasteiger partial charge in [0.05, 0.1) is 12.0 Å². The molecule has 3 rings (SSSR count). The summed E-state index contributed by atoms with van der Waals surface area (Å²) in [5.74, 6) is 0.176. The van der Waals surface area contributed by atoms with Crippen molar-refractivity contribution in [3.63, 3.8) is 0 Å². The fourth-order valence-electron chi connectivity index (χ4n) is 4.08. The van der Waals surface area contributed by atoms with Crippen LogP contribution in [0, 0.1) is 12.3 Å². The molecule has 5 atom stereocenters. The Balaban J connectivity index is 1.53. The average molecular weight is 562 g/mol. The zero-order valence-electron chi connectivity index (χ0n) is 22.7. The van der Waals surface area contributed by atoms with Gasteiger partial charge in [-0.2, -0.15) is 0 Å². The molecule has 2 aromatic rings. The smallest absolute Gasteiger partial charge is 0.314 e. The van der Waals surface area contributed by atoms with Crippen LogP contribution in [-0.2, 0) is 16.0 Å². The van der Waals surface area contributed by atoms with Gasteiger partial charge in [0.25, 0.3) is 0 Å². The van der Waals surface area contributed by atoms with Crippen molar-refractivity contribution >= 4 is 23.7 Å². The van der Waals surface area contributed by atoms with Gasteiger partial charge in [-0.25, -0.2) is 4.79 Å². The van der Waals surface area contributed by atoms with Crippen molar-refractivity contribution in [2.24, 2.45) is 11.1 Å². The number of hydrogen-bond acceptors (Lipinski definition) is 8. The minimum Gasteiger partial charge on any atom is -0.492 e. The van der Waals surface area contributed by atoms with Crippen LogP contribution in [0.2, 0.25) is 0 Å². The first-order valence-corrected chi connectivity index (χ1v) is 14.1. The number of carbonyl (C=O) groups is 2. The lowest BCUT2D eigenvalue weighted by Gasteiger charge is -2.40. The number of aliphatic hydroxyl groups is 3. The summed E-state index contributed by atoms with van der Waals surface area (Å²) in [6.45, 7) is 6.03. The Hall–Kier alpha value is -2.83. The Labute approximate surface area is 233 Å². The summed E-state index contributed by atoms with van der Waals surface area (Å²) >= 11 is 1.29. The summed E-state index contributed by atoms with van der Waals surface area (Å²) in [6, 6.07) is 13.0. The normalized spacial score (nSPS) is 23.2. The molecule has 0 aliphatic carbocycles. The maximum absolute atomic E-state index is 11.9. The fraction of sp³-hybridized carbons (Fsp3) is 0.500. The van der Waals surface area contributed by atoms with Crippen molar-refractivity contribution in [3.8, 4) is 5.75 Å². The highest BCUT2D eigenvalue weighted by Crippen LogP contribution is 2.36. The van der Waals surface area contributed by atoms with Crippen molar-refractivity contribution in [3.05, 3.63) is 64.7 Å². The number of urea groups is 1. The van der Waals surface area contributed by atoms with Gasteiger partial charge >= 0.3 is 6.03 Å². The van der Waals surface area contributed by atoms with Gasteiger partial charge in [0.15, 0.2) is 0 Å². The van der Waals surface area contributed by atoms with Gasteiger partial charge in [-0.1, -0.05) is 30.3 Å². The van der Waals surface area contributed by atoms with E-state index in [9.17, 15) is 24.9 Å². The monoisotopic (exact) mass is 561 g/mol. The molecule has 0 bridgehead atoms. The highest BCUT2D eigenvalue weighted by Gasteiger charge is 2.44. The van der Waals surface area contributed by atoms with Crippen LogP contribution in [0.1, 0.15) is 42.2 Å². The highest BCUT2D eigenvalue weighted by atomic mass is 32.2. The molecule has 1 fully saturated rings. The average Bonchev–Trinajstić information content (AvgIpc) is 2.91. The molecule has 10 nitrogen and oxygen atoms in total. The van der Waals surface area contributed by atoms with Crippen LogP contribution in [-0.4, -0.2) is 77.0 Å². The van der Waals surface area contributed by atoms with Crippen LogP contribution >= 0.6 is 11.8 Å². The number of hydrogen-bond donors (Lipinski definition) is 6. The molecule has 0 aromatic heterocycles. The molecular weight excluding hydrogens is 522 g/mol. The molecular formula is C28H39N3O7S. The van der Waals surface area contributed by atoms with Crippen LogP contribution in [0.5, 0.6) is 5.75 Å². The number of nitrogens with two attached hydrogens (primary N) is 1. The molecule has 39 heavy (non-hydrogen) atoms. The quantitative estimate of drug-likeness (QED) is 0.225. The zero-order chi connectivity index (χ0) is 28.7. The summed E-state index contributed by atoms with van der Waals surface area (Å²) in [6.07, 6.45) is -2.02. The Bertz CT molecular complexity index is 1130. The Morgan fingerprint density at radius 3 is 2.38 bits per heavy atom. The molecule has 214 valence electrons. The first-order chi connectivity index (χ1) is 18.4. The van der Waals surface area contributed by atoms with E-state index in [1.807, 2.05) is 49.4 Å². The fourth-order valence-corrected chi connectivity index (χ4v) is 4.76. The number of amides is 3. The highest BCUT2D eigenvalue weighted by molar-refractivity contribution is 7.99. The van der Waals surface area contributed by atoms with E-state index in [4.69, 9.17) is 15.2 Å². The van der Waals surface area contributed by atoms with Gasteiger partial charge in [-0.15, -0.1) is 11.8 Å². The number of nitrogens with one attached hydrogen (secondary N) is 2. The molecule has 0 spiro atoms. The van der Waals surface area contributed by atoms with E-state index in [2.05, 4.69) is 10.6 Å². The number of thioether (sulfide) groups is 1. The van der Waals surface area contributed by atoms with E-state index in [1.165, 1.54) is 11.8 Å². The number of ether oxygens (including phenoxy) is 2. The topological polar surface area (TPSA) is 163 Å². The van der Waals surface area contributed by atoms with Crippen molar-refractivity contribution < 1.29 is 34.4 Å². The van der Waals surface area contributed by atoms with E-state index in [0.29, 0.717) is 12.2 Å². The molecule has 0 radical (unpaired) electrons. The lowest BCUT2D eigenvalue weighted by atomic mass is 9.91. The molecule has 1 aliphatic rings. The number of aryl methyl sites for hydroxylation is 1. The summed E-state index contributed by atoms with van der Waals surface area (Å²) in [5.41, 5.74) is 7.76. The van der Waals surface area contributed by atoms with Crippen molar-refractivity contribution in [1.82, 2.24) is 10.6 Å². The molecule has 1 saturated heterocycles. The van der Waals surface area contributed by atoms with Gasteiger partial charge in [0, 0.05) is 6.54 Å². The third kappa shape index (κ3) is 8.09. The van der Waals surface area contributed by atoms with E-state index < -0.39 is 47.2 Å². The number of carbonyl (C=O) groups excluding carboxylic acids is 2. The molecule has 1 unspecified atom stereocenters. The summed E-state index contributed by atoms with van der Waals surface area (Å²) in [7, 11) is 0. The maximum atomic E-state index is 11.9. The van der Waals surface area contributed by atoms with E-state index in [0.717, 1.165) is 22.3 Å². The molecule has 1 heterocycles. The van der Waals surface area contributed by atoms with Gasteiger partial charge in [-0.05, 0) is 67.8 Å². The van der Waals surface area contributed by atoms with Crippen LogP contribution in [0.3, 0.4) is 0 Å². The number of benzene rings is 2. The standard InChI is InChI=1S/C28H39N3O7S/c1-16-5-8-18(24-22(33)21(32)23(34)25(38-24)39-4)14-19(16)13-17-6-9-20(10-7-17)37-12-11-30-27(36)31-15-28(2,3)26(29)35/h5-10,14,21-25,32-34H,11-13,15H2,1-4H3,(H2,29,35)(H2,30,31,36)/t21-,22-,23+,24?,25-/m1/s1. The van der Waals surface area contributed by atoms with Crippen LogP contribution in [0.4, 0.5) is 4.79 Å². The Morgan fingerprint density at radius 1 is 1.05 bits per heavy atom. The first kappa shape index (κ1) is 30.7. The predicted molar refractivity (Wildman–Crippen MR) is 149 cm³/mol. The third-order valence-electron chi connectivity index (χ3n) is 6.84. The second-order valence-electron chi connectivity index (χ2n) is 10.3. The zero-order valence-corrected chi connectivity index (χ0v) is 23.5. The molecule has 3 amide bonds. The second kappa shape index (κ2) is 13.5. The van der Waals surface area contributed by atoms with Crippen LogP contribution < -0.4 is 21.1 Å². The lowest BCUT2D eigenvalue weighted by molar-refractivity contribution is -0.200. The lowest BCUT2D eigenvalue weighted by Crippen LogP contribution is -2.52. The first-order valence-electron chi connectivity index (χ1n) is 12.8. The minimum absolute atomic E-state index is 0.135. The maximum Gasteiger partial charge on any atom is 0.314 e. The van der Waals surface area contributed by atoms with E-state index in [-0.39, 0.29) is 19.7 Å². The predicted octanol–water partition coefficient (Wildman–Crippen LogP) is 1.62. The number of primary amides is 1. The Kier molecular flexibility index (Phi) is 10.6. The minimum atomic E-state index is -1.29. The van der Waals surface area contributed by atoms with Crippen LogP contribution in [0.25, 0.3) is 0 Å². The second-order valence-corrected chi connectivity index (χ2v) is 11.3. The van der Waals surface area contributed by atoms with Crippen LogP contribution in [0.15, 0.2) is 42.5 Å². The SMILES string of the molecule is CS[C@H]1OC(c2ccc(C)c(Cc3ccc(OCCNC(=O)NCC(C)(C)C(N)=O)cc3)c2)[C@H](O)[C@@H](O)[C@@H]1O. The number of aliphatic hydroxyl groups excluding tert-OH is 3. The number of rotatable bonds is 11. The molecule has 11 heteroatoms. The molecule has 0 saturated carbocycles. The van der Waals surface area contributed by atoms with Gasteiger partial charge in [0.2, 0.25) is 5.91 Å². The van der Waals surface area contributed by atoms with Crippen molar-refractivity contribution in [1.29, 1.82) is 0 Å². The summed E-state index contributed by atoms with van der Waals surface area (Å²) < 4.78 is 11.6. The summed E-state index contributed by atoms with van der Waals surface area (Å²) in [5, 5.41) is 36.3. The van der Waals surface area contributed by atoms with E-state index in [1.54, 1.807) is 20.1 Å². The molecule has 2 aromatic carbocycles. The van der Waals surface area contributed by atoms with Crippen molar-refractivity contribution in [2.45, 2.75) is 57.0 Å². The van der Waals surface area contributed by atoms with Gasteiger partial charge < -0.3 is 41.2 Å². The van der Waals surface area contributed by atoms with Crippen molar-refractivity contribution in [2.75, 3.05) is 26.0 Å². The Morgan fingerprint density at radius 2 is 1.74 bits per heavy atom. The molecule has 1 aliphatic heterocycles. The third-order valence-corrected chi connectivity index (χ3v) is 7.69. The van der Waals surface area contributed by atoms with Gasteiger partial charge in [-0.3, -0.25) is 4.79 Å². The van der Waals surface area contributed by atoms with Gasteiger partial charge in [0.1, 0.15) is 42.2 Å². The summed E-state index contributed by atoms with van der Waals surface area (Å²) in [4.78, 5) is 23.2. The van der Waals surface area contributed by atoms with E-state index >= 15 is 0 Å².